The van der Waals surface area contributed by atoms with Crippen molar-refractivity contribution in [2.45, 2.75) is 33.1 Å². The van der Waals surface area contributed by atoms with E-state index in [0.717, 1.165) is 61.7 Å². The highest BCUT2D eigenvalue weighted by molar-refractivity contribution is 6.61. The van der Waals surface area contributed by atoms with Crippen molar-refractivity contribution in [3.05, 3.63) is 431 Å². The molecule has 114 heavy (non-hydrogen) atoms. The van der Waals surface area contributed by atoms with Crippen LogP contribution in [0.1, 0.15) is 84.7 Å². The lowest BCUT2D eigenvalue weighted by molar-refractivity contribution is -0.117. The lowest BCUT2D eigenvalue weighted by Gasteiger charge is -2.20. The molecular weight excluding hydrogens is 1410 g/mol. The molecule has 0 aromatic heterocycles. The second-order valence-corrected chi connectivity index (χ2v) is 28.0. The number of para-hydroxylation sites is 1. The monoisotopic (exact) mass is 1480 g/mol. The molecule has 3 N–H and O–H groups in total. The number of allylic oxidation sites excluding steroid dienone is 4. The lowest BCUT2D eigenvalue weighted by Crippen LogP contribution is -2.06. The summed E-state index contributed by atoms with van der Waals surface area (Å²) in [5.74, 6) is -0.783. The number of carboxylic acid groups (broad SMARTS) is 1. The molecule has 0 saturated carbocycles. The van der Waals surface area contributed by atoms with Crippen molar-refractivity contribution >= 4 is 100 Å². The number of hydrogen-bond donors (Lipinski definition) is 2. The van der Waals surface area contributed by atoms with Crippen LogP contribution >= 0.6 is 0 Å². The van der Waals surface area contributed by atoms with Crippen LogP contribution in [0, 0.1) is 23.0 Å². The molecule has 20 rings (SSSR count). The van der Waals surface area contributed by atoms with Gasteiger partial charge in [0.1, 0.15) is 12.4 Å². The molecule has 0 atom stereocenters. The summed E-state index contributed by atoms with van der Waals surface area (Å²) in [4.78, 5) is 72.4. The smallest absolute Gasteiger partial charge is 0.337 e. The van der Waals surface area contributed by atoms with Gasteiger partial charge in [0.15, 0.2) is 11.1 Å². The summed E-state index contributed by atoms with van der Waals surface area (Å²) in [6.07, 6.45) is 1.94. The second kappa shape index (κ2) is 35.7. The van der Waals surface area contributed by atoms with Crippen molar-refractivity contribution in [2.75, 3.05) is 12.3 Å². The molecular formula is C104H78N2O8. The maximum absolute atomic E-state index is 13.7. The number of carbonyl (C=O) groups excluding carboxylic acids is 4. The number of nitrogens with zero attached hydrogens (tertiary/aromatic N) is 1. The van der Waals surface area contributed by atoms with Crippen molar-refractivity contribution in [3.63, 3.8) is 0 Å². The van der Waals surface area contributed by atoms with Gasteiger partial charge in [-0.3, -0.25) is 19.2 Å². The number of carbonyl (C=O) groups is 5. The summed E-state index contributed by atoms with van der Waals surface area (Å²) < 4.78 is 0. The Balaban J connectivity index is 0.000000118. The standard InChI is InChI=1S/C32H20.C27H16O.C15H14O.C12H6O2.C7H7NO2.C6H4.C5H11NO2/c1-3-11-22(12-4-1)29-24-17-7-8-18-25(24)30(23-13-5-2-6-14-23)32-27-20-10-16-21-15-9-19-26(28(21)27)31(29)32;28-27-23(18-9-3-1-4-10-18)25-20-15-7-13-17-14-8-16-21(22(17)20)26(25)24(27)19-11-5-2-6-12-19;16-15(11-13-7-3-1-4-8-13)12-14-9-5-2-6-10-14;13-11-8-5-1-3-7-4-2-6-9(10(7)8)12(11)14;8-6-4-2-1-3-5(6)7(9)10;1-2-4-6-5-3-1;1-5(2)3-4-8-6-7/h1-20H;1-16H;1-10H,11-12H2;1-6H;1-4H,8H2,(H,9,10);1-4H;5H,3-4H2,1-2H3. The van der Waals surface area contributed by atoms with Crippen molar-refractivity contribution < 1.29 is 33.9 Å². The maximum Gasteiger partial charge on any atom is 0.337 e. The average molecular weight is 1480 g/mol. The van der Waals surface area contributed by atoms with Gasteiger partial charge in [0, 0.05) is 57.3 Å². The van der Waals surface area contributed by atoms with E-state index in [1.54, 1.807) is 42.5 Å². The van der Waals surface area contributed by atoms with Crippen LogP contribution in [0.5, 0.6) is 0 Å². The highest BCUT2D eigenvalue weighted by Gasteiger charge is 2.40. The molecule has 0 fully saturated rings. The molecule has 10 heteroatoms. The van der Waals surface area contributed by atoms with Gasteiger partial charge in [-0.05, 0) is 152 Å². The summed E-state index contributed by atoms with van der Waals surface area (Å²) in [6, 6.07) is 127. The third kappa shape index (κ3) is 16.4. The first-order chi connectivity index (χ1) is 55.9. The number of nitrogens with two attached hydrogens (primary N) is 1. The summed E-state index contributed by atoms with van der Waals surface area (Å²) in [5.41, 5.74) is 27.8. The normalized spacial score (nSPS) is 11.9. The predicted molar refractivity (Wildman–Crippen MR) is 463 cm³/mol. The van der Waals surface area contributed by atoms with E-state index < -0.39 is 5.97 Å². The van der Waals surface area contributed by atoms with E-state index in [9.17, 15) is 28.9 Å². The number of carboxylic acids is 1. The average Bonchev–Trinajstić information content (AvgIpc) is 1.54. The van der Waals surface area contributed by atoms with Gasteiger partial charge in [-0.25, -0.2) is 4.79 Å². The van der Waals surface area contributed by atoms with Gasteiger partial charge in [-0.1, -0.05) is 366 Å². The minimum Gasteiger partial charge on any atom is -0.478 e. The van der Waals surface area contributed by atoms with E-state index in [1.807, 2.05) is 158 Å². The molecule has 4 aliphatic rings. The molecule has 0 aliphatic heterocycles. The third-order valence-electron chi connectivity index (χ3n) is 20.2. The predicted octanol–water partition coefficient (Wildman–Crippen LogP) is 24.5. The molecule has 0 bridgehead atoms. The summed E-state index contributed by atoms with van der Waals surface area (Å²) >= 11 is 0. The molecule has 16 aromatic rings. The Morgan fingerprint density at radius 3 is 1.04 bits per heavy atom. The highest BCUT2D eigenvalue weighted by Crippen LogP contribution is 2.59. The van der Waals surface area contributed by atoms with Crippen LogP contribution in [0.3, 0.4) is 0 Å². The molecule has 552 valence electrons. The number of ketones is 4. The van der Waals surface area contributed by atoms with Crippen molar-refractivity contribution in [1.82, 2.24) is 0 Å². The second-order valence-electron chi connectivity index (χ2n) is 28.0. The molecule has 0 saturated heterocycles. The zero-order chi connectivity index (χ0) is 78.9. The van der Waals surface area contributed by atoms with Gasteiger partial charge in [-0.15, -0.1) is 4.91 Å². The van der Waals surface area contributed by atoms with E-state index in [0.29, 0.717) is 42.2 Å². The number of aromatic carboxylic acids is 1. The van der Waals surface area contributed by atoms with Gasteiger partial charge >= 0.3 is 5.97 Å². The molecule has 0 heterocycles. The van der Waals surface area contributed by atoms with Crippen LogP contribution in [-0.4, -0.2) is 40.8 Å². The van der Waals surface area contributed by atoms with Crippen molar-refractivity contribution in [3.8, 4) is 44.5 Å². The summed E-state index contributed by atoms with van der Waals surface area (Å²) in [6.45, 7) is 4.57. The van der Waals surface area contributed by atoms with Crippen molar-refractivity contribution in [2.24, 2.45) is 11.3 Å². The van der Waals surface area contributed by atoms with E-state index in [-0.39, 0.29) is 28.7 Å². The van der Waals surface area contributed by atoms with Gasteiger partial charge in [0.25, 0.3) is 0 Å². The minimum atomic E-state index is -0.988. The number of benzene rings is 15. The minimum absolute atomic E-state index is 0.119. The van der Waals surface area contributed by atoms with Crippen LogP contribution in [0.25, 0.3) is 110 Å². The van der Waals surface area contributed by atoms with Crippen LogP contribution in [0.2, 0.25) is 0 Å². The largest absolute Gasteiger partial charge is 0.478 e. The Bertz CT molecular complexity index is 5940. The zero-order valence-electron chi connectivity index (χ0n) is 62.9. The van der Waals surface area contributed by atoms with Crippen LogP contribution < -0.4 is 5.73 Å². The van der Waals surface area contributed by atoms with Gasteiger partial charge in [-0.2, -0.15) is 0 Å². The number of nitrogen functional groups attached to an aromatic ring is 1. The van der Waals surface area contributed by atoms with Crippen molar-refractivity contribution in [1.29, 1.82) is 0 Å². The third-order valence-corrected chi connectivity index (χ3v) is 20.2. The fraction of sp³-hybridized carbons (Fsp3) is 0.0673. The number of rotatable bonds is 13. The Hall–Kier alpha value is -14.8. The Kier molecular flexibility index (Phi) is 23.8. The molecule has 0 amide bonds. The quantitative estimate of drug-likeness (QED) is 0.0375. The Labute approximate surface area is 662 Å². The van der Waals surface area contributed by atoms with Crippen LogP contribution in [-0.2, 0) is 27.3 Å². The van der Waals surface area contributed by atoms with Gasteiger partial charge in [0.2, 0.25) is 11.6 Å². The Morgan fingerprint density at radius 2 is 0.693 bits per heavy atom. The molecule has 0 spiro atoms. The number of anilines is 1. The number of hydrogen-bond acceptors (Lipinski definition) is 9. The summed E-state index contributed by atoms with van der Waals surface area (Å²) in [7, 11) is 0. The zero-order valence-corrected chi connectivity index (χ0v) is 62.9. The van der Waals surface area contributed by atoms with Crippen LogP contribution in [0.4, 0.5) is 5.69 Å². The summed E-state index contributed by atoms with van der Waals surface area (Å²) in [5, 5.41) is 20.3. The first-order valence-electron chi connectivity index (χ1n) is 37.8. The molecule has 10 nitrogen and oxygen atoms in total. The van der Waals surface area contributed by atoms with E-state index >= 15 is 0 Å². The van der Waals surface area contributed by atoms with E-state index in [1.165, 1.54) is 94.0 Å². The fourth-order valence-corrected chi connectivity index (χ4v) is 15.2. The van der Waals surface area contributed by atoms with Crippen LogP contribution in [0.15, 0.2) is 369 Å². The molecule has 0 radical (unpaired) electrons. The molecule has 4 aliphatic carbocycles. The first kappa shape index (κ1) is 76.0. The maximum atomic E-state index is 13.7. The number of fused-ring (bicyclic) bond motifs is 7. The highest BCUT2D eigenvalue weighted by atomic mass is 16.7. The van der Waals surface area contributed by atoms with E-state index in [2.05, 4.69) is 194 Å². The fourth-order valence-electron chi connectivity index (χ4n) is 15.2. The number of Topliss-reactive ketones (excluding diaryl/α,β-unsaturated/α-hetero) is 4. The van der Waals surface area contributed by atoms with Gasteiger partial charge in [0.05, 0.1) is 5.56 Å². The topological polar surface area (TPSA) is 170 Å². The van der Waals surface area contributed by atoms with Gasteiger partial charge < -0.3 is 15.7 Å². The first-order valence-corrected chi connectivity index (χ1v) is 37.8. The lowest BCUT2D eigenvalue weighted by atomic mass is 9.82. The molecule has 16 aromatic carbocycles. The molecule has 0 unspecified atom stereocenters. The SMILES string of the molecule is CC(C)CCON=O.Nc1ccccc1C(=O)O.O=C(Cc1ccccc1)Cc1ccccc1.O=C1C(=O)c2cccc3cccc1c23.O=C1C(c2ccccc2)=C2C(=C1c1ccccc1)c1cccc3cccc2c13.c1ccc(-c2c3c(c(-c4ccccc4)c4ccccc24)-c2cccc4cccc-3c24)cc1.c1ccccc#1. The van der Waals surface area contributed by atoms with E-state index in [4.69, 9.17) is 10.8 Å². The Morgan fingerprint density at radius 1 is 0.360 bits per heavy atom.